The largest absolute Gasteiger partial charge is 0.381 e. The Morgan fingerprint density at radius 3 is 2.44 bits per heavy atom. The minimum absolute atomic E-state index is 0.177. The van der Waals surface area contributed by atoms with E-state index in [0.29, 0.717) is 11.8 Å². The molecule has 1 saturated heterocycles. The maximum Gasteiger partial charge on any atom is 0.168 e. The summed E-state index contributed by atoms with van der Waals surface area (Å²) in [5.41, 5.74) is 5.39. The zero-order valence-corrected chi connectivity index (χ0v) is 10.8. The summed E-state index contributed by atoms with van der Waals surface area (Å²) in [5.74, 6) is -0.183. The lowest BCUT2D eigenvalue weighted by Gasteiger charge is -2.34. The Labute approximate surface area is 106 Å². The van der Waals surface area contributed by atoms with Crippen LogP contribution in [0.2, 0.25) is 0 Å². The Hall–Kier alpha value is -1.39. The second kappa shape index (κ2) is 5.08. The van der Waals surface area contributed by atoms with Gasteiger partial charge in [0.25, 0.3) is 0 Å². The van der Waals surface area contributed by atoms with Crippen molar-refractivity contribution in [2.45, 2.75) is 26.7 Å². The van der Waals surface area contributed by atoms with Crippen molar-refractivity contribution in [3.05, 3.63) is 17.7 Å². The lowest BCUT2D eigenvalue weighted by atomic mass is 9.87. The number of hydrogen-bond acceptors (Lipinski definition) is 3. The van der Waals surface area contributed by atoms with E-state index in [2.05, 4.69) is 18.8 Å². The van der Waals surface area contributed by atoms with Crippen molar-refractivity contribution >= 4 is 11.6 Å². The highest BCUT2D eigenvalue weighted by Crippen LogP contribution is 2.29. The summed E-state index contributed by atoms with van der Waals surface area (Å²) in [6.45, 7) is 5.90. The quantitative estimate of drug-likeness (QED) is 0.883. The van der Waals surface area contributed by atoms with Crippen LogP contribution in [-0.4, -0.2) is 18.1 Å². The van der Waals surface area contributed by atoms with Crippen LogP contribution < -0.4 is 10.6 Å². The molecule has 0 aliphatic carbocycles. The first kappa shape index (κ1) is 13.1. The molecule has 0 aromatic carbocycles. The Balaban J connectivity index is 2.12. The second-order valence-electron chi connectivity index (χ2n) is 5.23. The normalized spacial score (nSPS) is 17.5. The van der Waals surface area contributed by atoms with E-state index in [1.165, 1.54) is 0 Å². The molecule has 0 atom stereocenters. The van der Waals surface area contributed by atoms with Gasteiger partial charge in [-0.3, -0.25) is 0 Å². The van der Waals surface area contributed by atoms with Crippen molar-refractivity contribution in [1.29, 1.82) is 0 Å². The van der Waals surface area contributed by atoms with E-state index in [0.717, 1.165) is 32.0 Å². The number of pyridine rings is 1. The number of rotatable bonds is 2. The molecular formula is C13H19F2N3. The van der Waals surface area contributed by atoms with Crippen LogP contribution in [0.5, 0.6) is 0 Å². The number of anilines is 2. The van der Waals surface area contributed by atoms with E-state index in [4.69, 9.17) is 5.73 Å². The average Bonchev–Trinajstić information content (AvgIpc) is 2.34. The second-order valence-corrected chi connectivity index (χ2v) is 5.23. The van der Waals surface area contributed by atoms with Crippen molar-refractivity contribution < 1.29 is 8.78 Å². The fourth-order valence-corrected chi connectivity index (χ4v) is 2.47. The molecule has 100 valence electrons. The van der Waals surface area contributed by atoms with Gasteiger partial charge in [-0.25, -0.2) is 13.8 Å². The molecule has 5 heteroatoms. The fraction of sp³-hybridized carbons (Fsp3) is 0.615. The van der Waals surface area contributed by atoms with Gasteiger partial charge < -0.3 is 10.6 Å². The van der Waals surface area contributed by atoms with Crippen LogP contribution in [0.3, 0.4) is 0 Å². The minimum atomic E-state index is -0.798. The summed E-state index contributed by atoms with van der Waals surface area (Å²) < 4.78 is 26.7. The summed E-state index contributed by atoms with van der Waals surface area (Å²) in [4.78, 5) is 5.67. The number of hydrogen-bond donors (Lipinski definition) is 1. The van der Waals surface area contributed by atoms with Gasteiger partial charge in [0.15, 0.2) is 23.3 Å². The van der Waals surface area contributed by atoms with Gasteiger partial charge in [0.2, 0.25) is 0 Å². The van der Waals surface area contributed by atoms with Gasteiger partial charge in [0, 0.05) is 19.2 Å². The standard InChI is InChI=1S/C13H19F2N3/c1-8(2)9-3-5-18(6-4-9)13-11(15)7-10(14)12(16)17-13/h7-9H,3-6H2,1-2H3,(H2,16,17). The molecule has 0 unspecified atom stereocenters. The van der Waals surface area contributed by atoms with Crippen LogP contribution in [0, 0.1) is 23.5 Å². The smallest absolute Gasteiger partial charge is 0.168 e. The van der Waals surface area contributed by atoms with Gasteiger partial charge in [0.05, 0.1) is 0 Å². The summed E-state index contributed by atoms with van der Waals surface area (Å²) in [7, 11) is 0. The molecule has 1 aliphatic heterocycles. The monoisotopic (exact) mass is 255 g/mol. The van der Waals surface area contributed by atoms with Crippen LogP contribution in [-0.2, 0) is 0 Å². The van der Waals surface area contributed by atoms with Crippen LogP contribution in [0.4, 0.5) is 20.4 Å². The number of nitrogen functional groups attached to an aromatic ring is 1. The van der Waals surface area contributed by atoms with Crippen molar-refractivity contribution in [3.8, 4) is 0 Å². The number of halogens is 2. The van der Waals surface area contributed by atoms with Crippen LogP contribution in [0.1, 0.15) is 26.7 Å². The van der Waals surface area contributed by atoms with Crippen molar-refractivity contribution in [2.24, 2.45) is 11.8 Å². The van der Waals surface area contributed by atoms with Crippen molar-refractivity contribution in [1.82, 2.24) is 4.98 Å². The van der Waals surface area contributed by atoms with E-state index in [9.17, 15) is 8.78 Å². The van der Waals surface area contributed by atoms with Crippen LogP contribution in [0.15, 0.2) is 6.07 Å². The number of aromatic nitrogens is 1. The Kier molecular flexibility index (Phi) is 3.68. The highest BCUT2D eigenvalue weighted by molar-refractivity contribution is 5.47. The summed E-state index contributed by atoms with van der Waals surface area (Å²) in [5, 5.41) is 0. The summed E-state index contributed by atoms with van der Waals surface area (Å²) >= 11 is 0. The van der Waals surface area contributed by atoms with Crippen molar-refractivity contribution in [2.75, 3.05) is 23.7 Å². The number of nitrogens with two attached hydrogens (primary N) is 1. The predicted molar refractivity (Wildman–Crippen MR) is 68.3 cm³/mol. The molecule has 0 amide bonds. The van der Waals surface area contributed by atoms with Gasteiger partial charge in [-0.2, -0.15) is 0 Å². The predicted octanol–water partition coefficient (Wildman–Crippen LogP) is 2.81. The number of nitrogens with zero attached hydrogens (tertiary/aromatic N) is 2. The van der Waals surface area contributed by atoms with Gasteiger partial charge in [0.1, 0.15) is 0 Å². The molecule has 0 spiro atoms. The molecule has 2 heterocycles. The van der Waals surface area contributed by atoms with Gasteiger partial charge >= 0.3 is 0 Å². The van der Waals surface area contributed by atoms with Crippen LogP contribution in [0.25, 0.3) is 0 Å². The molecule has 3 nitrogen and oxygen atoms in total. The topological polar surface area (TPSA) is 42.2 Å². The van der Waals surface area contributed by atoms with E-state index in [1.54, 1.807) is 0 Å². The van der Waals surface area contributed by atoms with Crippen molar-refractivity contribution in [3.63, 3.8) is 0 Å². The lowest BCUT2D eigenvalue weighted by Crippen LogP contribution is -2.36. The molecule has 0 radical (unpaired) electrons. The molecule has 0 saturated carbocycles. The molecule has 1 aromatic rings. The lowest BCUT2D eigenvalue weighted by molar-refractivity contribution is 0.309. The molecule has 1 fully saturated rings. The summed E-state index contributed by atoms with van der Waals surface area (Å²) in [6.07, 6.45) is 2.02. The molecule has 0 bridgehead atoms. The zero-order valence-electron chi connectivity index (χ0n) is 10.8. The van der Waals surface area contributed by atoms with Gasteiger partial charge in [-0.05, 0) is 24.7 Å². The average molecular weight is 255 g/mol. The third-order valence-electron chi connectivity index (χ3n) is 3.72. The molecule has 2 rings (SSSR count). The maximum atomic E-state index is 13.7. The molecule has 2 N–H and O–H groups in total. The minimum Gasteiger partial charge on any atom is -0.381 e. The first-order valence-electron chi connectivity index (χ1n) is 6.35. The highest BCUT2D eigenvalue weighted by atomic mass is 19.1. The molecule has 1 aliphatic rings. The Bertz CT molecular complexity index is 426. The summed E-state index contributed by atoms with van der Waals surface area (Å²) in [6, 6.07) is 0.812. The third-order valence-corrected chi connectivity index (χ3v) is 3.72. The van der Waals surface area contributed by atoms with E-state index in [1.807, 2.05) is 4.90 Å². The molecule has 1 aromatic heterocycles. The van der Waals surface area contributed by atoms with Gasteiger partial charge in [-0.1, -0.05) is 13.8 Å². The Morgan fingerprint density at radius 2 is 1.89 bits per heavy atom. The SMILES string of the molecule is CC(C)C1CCN(c2nc(N)c(F)cc2F)CC1. The third kappa shape index (κ3) is 2.54. The highest BCUT2D eigenvalue weighted by Gasteiger charge is 2.24. The first-order chi connectivity index (χ1) is 8.49. The maximum absolute atomic E-state index is 13.7. The van der Waals surface area contributed by atoms with Gasteiger partial charge in [-0.15, -0.1) is 0 Å². The van der Waals surface area contributed by atoms with E-state index in [-0.39, 0.29) is 11.6 Å². The molecule has 18 heavy (non-hydrogen) atoms. The first-order valence-corrected chi connectivity index (χ1v) is 6.35. The Morgan fingerprint density at radius 1 is 1.28 bits per heavy atom. The molecular weight excluding hydrogens is 236 g/mol. The van der Waals surface area contributed by atoms with E-state index >= 15 is 0 Å². The fourth-order valence-electron chi connectivity index (χ4n) is 2.47. The van der Waals surface area contributed by atoms with E-state index < -0.39 is 11.6 Å². The number of piperidine rings is 1. The zero-order chi connectivity index (χ0) is 13.3. The van der Waals surface area contributed by atoms with Crippen LogP contribution >= 0.6 is 0 Å².